The molecule has 2 aromatic rings. The van der Waals surface area contributed by atoms with E-state index in [1.807, 2.05) is 0 Å². The summed E-state index contributed by atoms with van der Waals surface area (Å²) in [5.41, 5.74) is 0.553. The Balaban J connectivity index is 2.30. The van der Waals surface area contributed by atoms with Crippen LogP contribution in [0, 0.1) is 0 Å². The van der Waals surface area contributed by atoms with E-state index < -0.39 is 12.7 Å². The van der Waals surface area contributed by atoms with Crippen LogP contribution in [0.2, 0.25) is 0 Å². The van der Waals surface area contributed by atoms with Crippen LogP contribution in [0.4, 0.5) is 13.2 Å². The van der Waals surface area contributed by atoms with Crippen molar-refractivity contribution in [2.24, 2.45) is 0 Å². The van der Waals surface area contributed by atoms with Gasteiger partial charge in [0.15, 0.2) is 5.82 Å². The minimum atomic E-state index is -4.30. The standard InChI is InChI=1S/C11H10F3N3O/c1-18-9-4-2-8(3-5-9)10-16-15-7-17(10)6-11(12,13)14/h2-5,7H,6H2,1H3. The summed E-state index contributed by atoms with van der Waals surface area (Å²) in [7, 11) is 1.52. The summed E-state index contributed by atoms with van der Waals surface area (Å²) in [5, 5.41) is 7.21. The third kappa shape index (κ3) is 2.79. The lowest BCUT2D eigenvalue weighted by Gasteiger charge is -2.09. The van der Waals surface area contributed by atoms with Crippen LogP contribution in [0.25, 0.3) is 11.4 Å². The summed E-state index contributed by atoms with van der Waals surface area (Å²) in [6.45, 7) is -1.11. The van der Waals surface area contributed by atoms with Gasteiger partial charge in [-0.1, -0.05) is 0 Å². The van der Waals surface area contributed by atoms with Gasteiger partial charge in [-0.2, -0.15) is 13.2 Å². The summed E-state index contributed by atoms with van der Waals surface area (Å²) in [6, 6.07) is 6.58. The van der Waals surface area contributed by atoms with E-state index in [9.17, 15) is 13.2 Å². The summed E-state index contributed by atoms with van der Waals surface area (Å²) in [6.07, 6.45) is -3.24. The lowest BCUT2D eigenvalue weighted by Crippen LogP contribution is -2.17. The molecule has 0 amide bonds. The minimum absolute atomic E-state index is 0.176. The zero-order valence-electron chi connectivity index (χ0n) is 9.48. The number of alkyl halides is 3. The van der Waals surface area contributed by atoms with Crippen LogP contribution in [-0.2, 0) is 6.54 Å². The molecule has 0 saturated heterocycles. The maximum absolute atomic E-state index is 12.3. The van der Waals surface area contributed by atoms with Crippen LogP contribution < -0.4 is 4.74 Å². The number of rotatable bonds is 3. The summed E-state index contributed by atoms with van der Waals surface area (Å²) < 4.78 is 42.9. The molecular formula is C11H10F3N3O. The first-order chi connectivity index (χ1) is 8.49. The Morgan fingerprint density at radius 2 is 1.89 bits per heavy atom. The predicted molar refractivity (Wildman–Crippen MR) is 58.1 cm³/mol. The van der Waals surface area contributed by atoms with Crippen molar-refractivity contribution >= 4 is 0 Å². The van der Waals surface area contributed by atoms with Crippen molar-refractivity contribution in [1.82, 2.24) is 14.8 Å². The van der Waals surface area contributed by atoms with Gasteiger partial charge in [-0.3, -0.25) is 0 Å². The van der Waals surface area contributed by atoms with Crippen molar-refractivity contribution in [2.45, 2.75) is 12.7 Å². The second-order valence-corrected chi connectivity index (χ2v) is 3.63. The maximum Gasteiger partial charge on any atom is 0.406 e. The molecule has 0 bridgehead atoms. The van der Waals surface area contributed by atoms with Gasteiger partial charge in [0.1, 0.15) is 18.6 Å². The van der Waals surface area contributed by atoms with E-state index in [1.165, 1.54) is 7.11 Å². The van der Waals surface area contributed by atoms with Gasteiger partial charge < -0.3 is 9.30 Å². The fraction of sp³-hybridized carbons (Fsp3) is 0.273. The zero-order chi connectivity index (χ0) is 13.2. The molecule has 0 aliphatic carbocycles. The first-order valence-corrected chi connectivity index (χ1v) is 5.08. The maximum atomic E-state index is 12.3. The number of hydrogen-bond donors (Lipinski definition) is 0. The molecule has 1 aromatic carbocycles. The molecular weight excluding hydrogens is 247 g/mol. The molecule has 18 heavy (non-hydrogen) atoms. The van der Waals surface area contributed by atoms with Gasteiger partial charge in [0.25, 0.3) is 0 Å². The van der Waals surface area contributed by atoms with Gasteiger partial charge in [0.05, 0.1) is 7.11 Å². The lowest BCUT2D eigenvalue weighted by molar-refractivity contribution is -0.140. The predicted octanol–water partition coefficient (Wildman–Crippen LogP) is 2.52. The smallest absolute Gasteiger partial charge is 0.406 e. The van der Waals surface area contributed by atoms with E-state index in [2.05, 4.69) is 10.2 Å². The van der Waals surface area contributed by atoms with Gasteiger partial charge in [-0.15, -0.1) is 10.2 Å². The van der Waals surface area contributed by atoms with Crippen LogP contribution >= 0.6 is 0 Å². The Kier molecular flexibility index (Phi) is 3.22. The van der Waals surface area contributed by atoms with Crippen LogP contribution in [0.5, 0.6) is 5.75 Å². The SMILES string of the molecule is COc1ccc(-c2nncn2CC(F)(F)F)cc1. The van der Waals surface area contributed by atoms with E-state index >= 15 is 0 Å². The molecule has 1 heterocycles. The monoisotopic (exact) mass is 257 g/mol. The number of hydrogen-bond acceptors (Lipinski definition) is 3. The quantitative estimate of drug-likeness (QED) is 0.848. The van der Waals surface area contributed by atoms with Crippen molar-refractivity contribution in [2.75, 3.05) is 7.11 Å². The highest BCUT2D eigenvalue weighted by molar-refractivity contribution is 5.56. The van der Waals surface area contributed by atoms with Crippen molar-refractivity contribution in [1.29, 1.82) is 0 Å². The molecule has 0 saturated carbocycles. The molecule has 1 aromatic heterocycles. The van der Waals surface area contributed by atoms with Crippen LogP contribution in [0.3, 0.4) is 0 Å². The molecule has 0 aliphatic rings. The Morgan fingerprint density at radius 3 is 2.44 bits per heavy atom. The Morgan fingerprint density at radius 1 is 1.22 bits per heavy atom. The first-order valence-electron chi connectivity index (χ1n) is 5.08. The third-order valence-corrected chi connectivity index (χ3v) is 2.31. The third-order valence-electron chi connectivity index (χ3n) is 2.31. The topological polar surface area (TPSA) is 39.9 Å². The second kappa shape index (κ2) is 4.67. The van der Waals surface area contributed by atoms with E-state index in [1.54, 1.807) is 24.3 Å². The highest BCUT2D eigenvalue weighted by Crippen LogP contribution is 2.24. The van der Waals surface area contributed by atoms with Crippen molar-refractivity contribution in [3.05, 3.63) is 30.6 Å². The molecule has 0 spiro atoms. The normalized spacial score (nSPS) is 11.6. The molecule has 0 N–H and O–H groups in total. The number of methoxy groups -OCH3 is 1. The fourth-order valence-corrected chi connectivity index (χ4v) is 1.53. The lowest BCUT2D eigenvalue weighted by atomic mass is 10.2. The van der Waals surface area contributed by atoms with Gasteiger partial charge >= 0.3 is 6.18 Å². The minimum Gasteiger partial charge on any atom is -0.497 e. The average Bonchev–Trinajstić information content (AvgIpc) is 2.75. The number of nitrogens with zero attached hydrogens (tertiary/aromatic N) is 3. The van der Waals surface area contributed by atoms with Gasteiger partial charge in [-0.05, 0) is 24.3 Å². The molecule has 0 aliphatic heterocycles. The Hall–Kier alpha value is -2.05. The van der Waals surface area contributed by atoms with Gasteiger partial charge in [0.2, 0.25) is 0 Å². The molecule has 4 nitrogen and oxygen atoms in total. The number of ether oxygens (including phenoxy) is 1. The Labute approximate surface area is 101 Å². The van der Waals surface area contributed by atoms with Crippen LogP contribution in [-0.4, -0.2) is 28.1 Å². The van der Waals surface area contributed by atoms with Crippen LogP contribution in [0.15, 0.2) is 30.6 Å². The summed E-state index contributed by atoms with van der Waals surface area (Å²) in [5.74, 6) is 0.801. The summed E-state index contributed by atoms with van der Waals surface area (Å²) in [4.78, 5) is 0. The molecule has 0 radical (unpaired) electrons. The molecule has 96 valence electrons. The Bertz CT molecular complexity index is 519. The largest absolute Gasteiger partial charge is 0.497 e. The molecule has 2 rings (SSSR count). The van der Waals surface area contributed by atoms with Crippen molar-refractivity contribution < 1.29 is 17.9 Å². The average molecular weight is 257 g/mol. The summed E-state index contributed by atoms with van der Waals surface area (Å²) >= 11 is 0. The van der Waals surface area contributed by atoms with Crippen molar-refractivity contribution in [3.8, 4) is 17.1 Å². The van der Waals surface area contributed by atoms with E-state index in [4.69, 9.17) is 4.74 Å². The second-order valence-electron chi connectivity index (χ2n) is 3.63. The molecule has 0 fully saturated rings. The van der Waals surface area contributed by atoms with Gasteiger partial charge in [-0.25, -0.2) is 0 Å². The first kappa shape index (κ1) is 12.4. The molecule has 0 atom stereocenters. The number of aromatic nitrogens is 3. The van der Waals surface area contributed by atoms with Crippen molar-refractivity contribution in [3.63, 3.8) is 0 Å². The van der Waals surface area contributed by atoms with E-state index in [0.29, 0.717) is 11.3 Å². The highest BCUT2D eigenvalue weighted by atomic mass is 19.4. The van der Waals surface area contributed by atoms with Crippen LogP contribution in [0.1, 0.15) is 0 Å². The molecule has 7 heteroatoms. The number of halogens is 3. The van der Waals surface area contributed by atoms with Gasteiger partial charge in [0, 0.05) is 5.56 Å². The van der Waals surface area contributed by atoms with E-state index in [0.717, 1.165) is 10.9 Å². The number of benzene rings is 1. The zero-order valence-corrected chi connectivity index (χ0v) is 9.48. The van der Waals surface area contributed by atoms with E-state index in [-0.39, 0.29) is 5.82 Å². The highest BCUT2D eigenvalue weighted by Gasteiger charge is 2.29. The fourth-order valence-electron chi connectivity index (χ4n) is 1.53. The molecule has 0 unspecified atom stereocenters.